The number of aliphatic imine (C=N–C) groups is 1. The van der Waals surface area contributed by atoms with Crippen LogP contribution in [0.2, 0.25) is 0 Å². The summed E-state index contributed by atoms with van der Waals surface area (Å²) >= 11 is 0. The first-order valence-electron chi connectivity index (χ1n) is 4.84. The van der Waals surface area contributed by atoms with Gasteiger partial charge in [-0.1, -0.05) is 6.92 Å². The van der Waals surface area contributed by atoms with E-state index >= 15 is 0 Å². The topological polar surface area (TPSA) is 126 Å². The van der Waals surface area contributed by atoms with Crippen molar-refractivity contribution in [2.75, 3.05) is 13.1 Å². The average Bonchev–Trinajstić information content (AvgIpc) is 2.21. The van der Waals surface area contributed by atoms with E-state index in [2.05, 4.69) is 10.3 Å². The maximum atomic E-state index is 11.1. The zero-order valence-electron chi connectivity index (χ0n) is 8.86. The van der Waals surface area contributed by atoms with E-state index in [1.165, 1.54) is 0 Å². The highest BCUT2D eigenvalue weighted by Crippen LogP contribution is 1.97. The minimum atomic E-state index is -0.443. The Bertz CT molecular complexity index is 215. The summed E-state index contributed by atoms with van der Waals surface area (Å²) in [5.74, 6) is -0.400. The molecule has 0 aliphatic rings. The number of likely N-dealkylation sites (N-methyl/N-ethyl adjacent to an activating group) is 1. The molecule has 0 spiro atoms. The summed E-state index contributed by atoms with van der Waals surface area (Å²) in [4.78, 5) is 14.9. The molecule has 0 aliphatic heterocycles. The third-order valence-electron chi connectivity index (χ3n) is 1.82. The Labute approximate surface area is 88.9 Å². The van der Waals surface area contributed by atoms with Gasteiger partial charge in [-0.15, -0.1) is 0 Å². The molecule has 0 heterocycles. The van der Waals surface area contributed by atoms with Gasteiger partial charge >= 0.3 is 0 Å². The van der Waals surface area contributed by atoms with Crippen LogP contribution in [-0.2, 0) is 4.79 Å². The number of carbonyl (C=O) groups is 1. The van der Waals surface area contributed by atoms with Gasteiger partial charge in [0.25, 0.3) is 5.91 Å². The Morgan fingerprint density at radius 1 is 1.53 bits per heavy atom. The molecule has 7 heteroatoms. The summed E-state index contributed by atoms with van der Waals surface area (Å²) in [6, 6.07) is -0.408. The summed E-state index contributed by atoms with van der Waals surface area (Å²) in [6.07, 6.45) is 1.24. The highest BCUT2D eigenvalue weighted by Gasteiger charge is 2.15. The van der Waals surface area contributed by atoms with E-state index < -0.39 is 11.9 Å². The second-order valence-corrected chi connectivity index (χ2v) is 3.04. The molecule has 0 aromatic rings. The molecule has 1 atom stereocenters. The molecular weight excluding hydrogens is 198 g/mol. The predicted molar refractivity (Wildman–Crippen MR) is 57.3 cm³/mol. The number of rotatable bonds is 7. The number of nitrogens with one attached hydrogen (secondary N) is 2. The Kier molecular flexibility index (Phi) is 7.29. The Hall–Kier alpha value is -1.34. The van der Waals surface area contributed by atoms with Crippen LogP contribution in [0.1, 0.15) is 19.8 Å². The van der Waals surface area contributed by atoms with Gasteiger partial charge in [-0.05, 0) is 19.4 Å². The lowest BCUT2D eigenvalue weighted by Gasteiger charge is -2.14. The summed E-state index contributed by atoms with van der Waals surface area (Å²) in [5.41, 5.74) is 11.9. The Morgan fingerprint density at radius 3 is 2.67 bits per heavy atom. The fourth-order valence-electron chi connectivity index (χ4n) is 1.15. The van der Waals surface area contributed by atoms with Gasteiger partial charge in [-0.25, -0.2) is 5.48 Å². The third-order valence-corrected chi connectivity index (χ3v) is 1.82. The van der Waals surface area contributed by atoms with E-state index in [-0.39, 0.29) is 5.96 Å². The van der Waals surface area contributed by atoms with E-state index in [0.717, 1.165) is 0 Å². The van der Waals surface area contributed by atoms with Gasteiger partial charge in [0, 0.05) is 6.54 Å². The Morgan fingerprint density at radius 2 is 2.20 bits per heavy atom. The molecule has 0 saturated heterocycles. The van der Waals surface area contributed by atoms with Crippen LogP contribution in [0.4, 0.5) is 0 Å². The number of nitrogens with two attached hydrogens (primary N) is 2. The smallest absolute Gasteiger partial charge is 0.260 e. The molecule has 0 bridgehead atoms. The predicted octanol–water partition coefficient (Wildman–Crippen LogP) is -1.48. The molecule has 0 aromatic heterocycles. The molecule has 0 unspecified atom stereocenters. The van der Waals surface area contributed by atoms with Gasteiger partial charge in [0.15, 0.2) is 5.96 Å². The van der Waals surface area contributed by atoms with Crippen LogP contribution in [0.25, 0.3) is 0 Å². The SMILES string of the molecule is CCN[C@@H](CCCN=C(N)N)C(=O)NO. The van der Waals surface area contributed by atoms with E-state index in [0.29, 0.717) is 25.9 Å². The van der Waals surface area contributed by atoms with Crippen molar-refractivity contribution < 1.29 is 10.0 Å². The Balaban J connectivity index is 3.86. The lowest BCUT2D eigenvalue weighted by Crippen LogP contribution is -2.43. The standard InChI is InChI=1S/C8H19N5O2/c1-2-11-6(7(14)13-15)4-3-5-12-8(9)10/h6,11,15H,2-5H2,1H3,(H,13,14)(H4,9,10,12)/t6-/m0/s1. The lowest BCUT2D eigenvalue weighted by atomic mass is 10.1. The molecular formula is C8H19N5O2. The van der Waals surface area contributed by atoms with Crippen LogP contribution in [0.5, 0.6) is 0 Å². The van der Waals surface area contributed by atoms with Crippen molar-refractivity contribution in [1.82, 2.24) is 10.8 Å². The molecule has 88 valence electrons. The van der Waals surface area contributed by atoms with Gasteiger partial charge in [-0.2, -0.15) is 0 Å². The second kappa shape index (κ2) is 8.01. The minimum absolute atomic E-state index is 0.0432. The first-order valence-corrected chi connectivity index (χ1v) is 4.84. The first-order chi connectivity index (χ1) is 7.11. The van der Waals surface area contributed by atoms with Crippen molar-refractivity contribution >= 4 is 11.9 Å². The van der Waals surface area contributed by atoms with Crippen molar-refractivity contribution in [3.05, 3.63) is 0 Å². The van der Waals surface area contributed by atoms with Gasteiger partial charge in [0.2, 0.25) is 0 Å². The number of hydrogen-bond donors (Lipinski definition) is 5. The maximum Gasteiger partial charge on any atom is 0.260 e. The van der Waals surface area contributed by atoms with Crippen LogP contribution in [0.15, 0.2) is 4.99 Å². The molecule has 0 rings (SSSR count). The van der Waals surface area contributed by atoms with Gasteiger partial charge in [0.1, 0.15) is 0 Å². The molecule has 0 saturated carbocycles. The average molecular weight is 217 g/mol. The summed E-state index contributed by atoms with van der Waals surface area (Å²) < 4.78 is 0. The monoisotopic (exact) mass is 217 g/mol. The zero-order valence-corrected chi connectivity index (χ0v) is 8.86. The van der Waals surface area contributed by atoms with Crippen molar-refractivity contribution in [2.24, 2.45) is 16.5 Å². The molecule has 0 radical (unpaired) electrons. The second-order valence-electron chi connectivity index (χ2n) is 3.04. The van der Waals surface area contributed by atoms with Gasteiger partial charge < -0.3 is 16.8 Å². The van der Waals surface area contributed by atoms with Crippen LogP contribution >= 0.6 is 0 Å². The number of hydrogen-bond acceptors (Lipinski definition) is 4. The lowest BCUT2D eigenvalue weighted by molar-refractivity contribution is -0.131. The van der Waals surface area contributed by atoms with E-state index in [1.54, 1.807) is 5.48 Å². The number of nitrogens with zero attached hydrogens (tertiary/aromatic N) is 1. The van der Waals surface area contributed by atoms with E-state index in [4.69, 9.17) is 16.7 Å². The molecule has 7 N–H and O–H groups in total. The maximum absolute atomic E-state index is 11.1. The van der Waals surface area contributed by atoms with Crippen LogP contribution in [0.3, 0.4) is 0 Å². The quantitative estimate of drug-likeness (QED) is 0.117. The normalized spacial score (nSPS) is 11.9. The molecule has 0 aliphatic carbocycles. The van der Waals surface area contributed by atoms with Crippen molar-refractivity contribution in [3.63, 3.8) is 0 Å². The highest BCUT2D eigenvalue weighted by molar-refractivity contribution is 5.80. The highest BCUT2D eigenvalue weighted by atomic mass is 16.5. The molecule has 1 amide bonds. The minimum Gasteiger partial charge on any atom is -0.370 e. The van der Waals surface area contributed by atoms with E-state index in [1.807, 2.05) is 6.92 Å². The number of carbonyl (C=O) groups excluding carboxylic acids is 1. The van der Waals surface area contributed by atoms with Crippen LogP contribution in [-0.4, -0.2) is 36.2 Å². The van der Waals surface area contributed by atoms with Gasteiger partial charge in [0.05, 0.1) is 6.04 Å². The molecule has 0 fully saturated rings. The summed E-state index contributed by atoms with van der Waals surface area (Å²) in [5, 5.41) is 11.4. The van der Waals surface area contributed by atoms with Crippen molar-refractivity contribution in [3.8, 4) is 0 Å². The van der Waals surface area contributed by atoms with Crippen LogP contribution < -0.4 is 22.3 Å². The van der Waals surface area contributed by atoms with E-state index in [9.17, 15) is 4.79 Å². The van der Waals surface area contributed by atoms with Crippen molar-refractivity contribution in [1.29, 1.82) is 0 Å². The van der Waals surface area contributed by atoms with Gasteiger partial charge in [-0.3, -0.25) is 15.0 Å². The molecule has 15 heavy (non-hydrogen) atoms. The first kappa shape index (κ1) is 13.7. The fraction of sp³-hybridized carbons (Fsp3) is 0.750. The summed E-state index contributed by atoms with van der Waals surface area (Å²) in [6.45, 7) is 3.01. The molecule has 0 aromatic carbocycles. The third kappa shape index (κ3) is 6.69. The summed E-state index contributed by atoms with van der Waals surface area (Å²) in [7, 11) is 0. The zero-order chi connectivity index (χ0) is 11.7. The van der Waals surface area contributed by atoms with Crippen LogP contribution in [0, 0.1) is 0 Å². The molecule has 7 nitrogen and oxygen atoms in total. The largest absolute Gasteiger partial charge is 0.370 e. The van der Waals surface area contributed by atoms with Crippen molar-refractivity contribution in [2.45, 2.75) is 25.8 Å². The number of hydroxylamine groups is 1. The number of guanidine groups is 1. The fourth-order valence-corrected chi connectivity index (χ4v) is 1.15. The number of amides is 1.